The molecule has 0 radical (unpaired) electrons. The van der Waals surface area contributed by atoms with Crippen LogP contribution in [0.25, 0.3) is 0 Å². The van der Waals surface area contributed by atoms with Crippen LogP contribution >= 0.6 is 0 Å². The van der Waals surface area contributed by atoms with Gasteiger partial charge in [0.05, 0.1) is 12.1 Å². The summed E-state index contributed by atoms with van der Waals surface area (Å²) in [6.45, 7) is 0.608. The normalized spacial score (nSPS) is 13.3. The average molecular weight is 294 g/mol. The SMILES string of the molecule is NC(=O)C1=Nc2ccc(NCc3ccccc3)nc2C(=O)C1. The molecule has 22 heavy (non-hydrogen) atoms. The standard InChI is InChI=1S/C16H14N4O2/c17-16(22)12-8-13(21)15-11(19-12)6-7-14(20-15)18-9-10-4-2-1-3-5-10/h1-7H,8-9H2,(H2,17,22)(H,18,20). The molecule has 6 heteroatoms. The summed E-state index contributed by atoms with van der Waals surface area (Å²) >= 11 is 0. The number of aliphatic imine (C=N–C) groups is 1. The second-order valence-electron chi connectivity index (χ2n) is 4.93. The Balaban J connectivity index is 1.81. The van der Waals surface area contributed by atoms with E-state index in [0.717, 1.165) is 5.56 Å². The number of rotatable bonds is 4. The average Bonchev–Trinajstić information content (AvgIpc) is 2.54. The van der Waals surface area contributed by atoms with Gasteiger partial charge in [-0.3, -0.25) is 9.59 Å². The van der Waals surface area contributed by atoms with Crippen molar-refractivity contribution in [2.24, 2.45) is 10.7 Å². The Kier molecular flexibility index (Phi) is 3.65. The first-order valence-electron chi connectivity index (χ1n) is 6.83. The first-order valence-corrected chi connectivity index (χ1v) is 6.83. The van der Waals surface area contributed by atoms with E-state index in [-0.39, 0.29) is 23.6 Å². The van der Waals surface area contributed by atoms with Crippen LogP contribution in [-0.2, 0) is 11.3 Å². The molecule has 0 atom stereocenters. The van der Waals surface area contributed by atoms with Crippen molar-refractivity contribution in [3.8, 4) is 0 Å². The summed E-state index contributed by atoms with van der Waals surface area (Å²) in [5.41, 5.74) is 7.01. The number of benzene rings is 1. The Labute approximate surface area is 127 Å². The molecule has 1 aromatic carbocycles. The number of nitrogens with zero attached hydrogens (tertiary/aromatic N) is 2. The Morgan fingerprint density at radius 2 is 1.95 bits per heavy atom. The third-order valence-corrected chi connectivity index (χ3v) is 3.32. The van der Waals surface area contributed by atoms with E-state index < -0.39 is 5.91 Å². The fourth-order valence-electron chi connectivity index (χ4n) is 2.20. The van der Waals surface area contributed by atoms with Crippen LogP contribution in [-0.4, -0.2) is 22.4 Å². The Morgan fingerprint density at radius 1 is 1.18 bits per heavy atom. The first kappa shape index (κ1) is 13.9. The van der Waals surface area contributed by atoms with Crippen molar-refractivity contribution in [3.63, 3.8) is 0 Å². The molecule has 6 nitrogen and oxygen atoms in total. The Morgan fingerprint density at radius 3 is 2.68 bits per heavy atom. The summed E-state index contributed by atoms with van der Waals surface area (Å²) in [5.74, 6) is -0.332. The van der Waals surface area contributed by atoms with Crippen molar-refractivity contribution in [2.75, 3.05) is 5.32 Å². The van der Waals surface area contributed by atoms with Crippen molar-refractivity contribution in [3.05, 3.63) is 53.7 Å². The van der Waals surface area contributed by atoms with E-state index in [1.165, 1.54) is 0 Å². The van der Waals surface area contributed by atoms with Gasteiger partial charge >= 0.3 is 0 Å². The van der Waals surface area contributed by atoms with E-state index >= 15 is 0 Å². The number of Topliss-reactive ketones (excluding diaryl/α,β-unsaturated/α-hetero) is 1. The van der Waals surface area contributed by atoms with E-state index in [1.54, 1.807) is 12.1 Å². The number of aromatic nitrogens is 1. The monoisotopic (exact) mass is 294 g/mol. The molecule has 2 aromatic rings. The summed E-state index contributed by atoms with van der Waals surface area (Å²) in [5, 5.41) is 3.16. The highest BCUT2D eigenvalue weighted by atomic mass is 16.1. The first-order chi connectivity index (χ1) is 10.6. The summed E-state index contributed by atoms with van der Waals surface area (Å²) in [7, 11) is 0. The van der Waals surface area contributed by atoms with E-state index in [2.05, 4.69) is 15.3 Å². The molecule has 1 aliphatic heterocycles. The molecule has 110 valence electrons. The van der Waals surface area contributed by atoms with Gasteiger partial charge in [0.2, 0.25) is 0 Å². The predicted molar refractivity (Wildman–Crippen MR) is 83.2 cm³/mol. The van der Waals surface area contributed by atoms with Crippen molar-refractivity contribution >= 4 is 28.9 Å². The van der Waals surface area contributed by atoms with Crippen molar-refractivity contribution in [2.45, 2.75) is 13.0 Å². The number of ketones is 1. The molecule has 3 rings (SSSR count). The number of fused-ring (bicyclic) bond motifs is 1. The lowest BCUT2D eigenvalue weighted by Crippen LogP contribution is -2.28. The molecule has 0 unspecified atom stereocenters. The molecule has 1 aliphatic rings. The largest absolute Gasteiger partial charge is 0.366 e. The van der Waals surface area contributed by atoms with Gasteiger partial charge in [-0.05, 0) is 17.7 Å². The van der Waals surface area contributed by atoms with Crippen LogP contribution in [0.2, 0.25) is 0 Å². The molecule has 0 saturated heterocycles. The fraction of sp³-hybridized carbons (Fsp3) is 0.125. The van der Waals surface area contributed by atoms with Crippen molar-refractivity contribution in [1.29, 1.82) is 0 Å². The highest BCUT2D eigenvalue weighted by Crippen LogP contribution is 2.26. The van der Waals surface area contributed by atoms with Gasteiger partial charge in [0.25, 0.3) is 5.91 Å². The van der Waals surface area contributed by atoms with Gasteiger partial charge in [-0.15, -0.1) is 0 Å². The van der Waals surface area contributed by atoms with E-state index in [9.17, 15) is 9.59 Å². The summed E-state index contributed by atoms with van der Waals surface area (Å²) < 4.78 is 0. The molecule has 0 aliphatic carbocycles. The molecule has 0 fully saturated rings. The van der Waals surface area contributed by atoms with Crippen LogP contribution in [0.1, 0.15) is 22.5 Å². The third kappa shape index (κ3) is 2.85. The lowest BCUT2D eigenvalue weighted by molar-refractivity contribution is -0.112. The van der Waals surface area contributed by atoms with Gasteiger partial charge in [0.15, 0.2) is 5.78 Å². The summed E-state index contributed by atoms with van der Waals surface area (Å²) in [4.78, 5) is 31.6. The number of anilines is 1. The highest BCUT2D eigenvalue weighted by molar-refractivity contribution is 6.44. The molecular formula is C16H14N4O2. The Hall–Kier alpha value is -3.02. The number of nitrogens with one attached hydrogen (secondary N) is 1. The maximum atomic E-state index is 12.0. The lowest BCUT2D eigenvalue weighted by Gasteiger charge is -2.13. The molecular weight excluding hydrogens is 280 g/mol. The van der Waals surface area contributed by atoms with Gasteiger partial charge < -0.3 is 11.1 Å². The summed E-state index contributed by atoms with van der Waals surface area (Å²) in [6, 6.07) is 13.3. The van der Waals surface area contributed by atoms with Gasteiger partial charge in [0.1, 0.15) is 17.2 Å². The molecule has 0 saturated carbocycles. The zero-order valence-corrected chi connectivity index (χ0v) is 11.7. The smallest absolute Gasteiger partial charge is 0.263 e. The molecule has 2 heterocycles. The topological polar surface area (TPSA) is 97.4 Å². The number of hydrogen-bond acceptors (Lipinski definition) is 5. The minimum Gasteiger partial charge on any atom is -0.366 e. The van der Waals surface area contributed by atoms with Gasteiger partial charge in [-0.1, -0.05) is 30.3 Å². The van der Waals surface area contributed by atoms with Gasteiger partial charge in [-0.25, -0.2) is 9.98 Å². The molecule has 0 spiro atoms. The minimum atomic E-state index is -0.676. The third-order valence-electron chi connectivity index (χ3n) is 3.32. The van der Waals surface area contributed by atoms with E-state index in [0.29, 0.717) is 18.1 Å². The number of carbonyl (C=O) groups is 2. The number of hydrogen-bond donors (Lipinski definition) is 2. The highest BCUT2D eigenvalue weighted by Gasteiger charge is 2.24. The summed E-state index contributed by atoms with van der Waals surface area (Å²) in [6.07, 6.45) is -0.0997. The maximum absolute atomic E-state index is 12.0. The quantitative estimate of drug-likeness (QED) is 0.899. The second kappa shape index (κ2) is 5.77. The number of amides is 1. The van der Waals surface area contributed by atoms with E-state index in [1.807, 2.05) is 30.3 Å². The Bertz CT molecular complexity index is 769. The molecule has 3 N–H and O–H groups in total. The van der Waals surface area contributed by atoms with Crippen LogP contribution in [0, 0.1) is 0 Å². The number of pyridine rings is 1. The fourth-order valence-corrected chi connectivity index (χ4v) is 2.20. The lowest BCUT2D eigenvalue weighted by atomic mass is 10.0. The molecule has 0 bridgehead atoms. The molecule has 1 amide bonds. The zero-order chi connectivity index (χ0) is 15.5. The maximum Gasteiger partial charge on any atom is 0.263 e. The van der Waals surface area contributed by atoms with Gasteiger partial charge in [-0.2, -0.15) is 0 Å². The van der Waals surface area contributed by atoms with Crippen LogP contribution in [0.3, 0.4) is 0 Å². The second-order valence-corrected chi connectivity index (χ2v) is 4.93. The number of carbonyl (C=O) groups excluding carboxylic acids is 2. The minimum absolute atomic E-state index is 0.0734. The zero-order valence-electron chi connectivity index (χ0n) is 11.7. The van der Waals surface area contributed by atoms with E-state index in [4.69, 9.17) is 5.73 Å². The van der Waals surface area contributed by atoms with Gasteiger partial charge in [0, 0.05) is 6.54 Å². The van der Waals surface area contributed by atoms with Crippen LogP contribution in [0.5, 0.6) is 0 Å². The molecule has 1 aromatic heterocycles. The predicted octanol–water partition coefficient (Wildman–Crippen LogP) is 1.84. The van der Waals surface area contributed by atoms with Crippen molar-refractivity contribution < 1.29 is 9.59 Å². The van der Waals surface area contributed by atoms with Crippen LogP contribution < -0.4 is 11.1 Å². The number of nitrogens with two attached hydrogens (primary N) is 1. The van der Waals surface area contributed by atoms with Crippen LogP contribution in [0.15, 0.2) is 47.5 Å². The van der Waals surface area contributed by atoms with Crippen LogP contribution in [0.4, 0.5) is 11.5 Å². The number of primary amides is 1. The van der Waals surface area contributed by atoms with Crippen molar-refractivity contribution in [1.82, 2.24) is 4.98 Å².